The number of benzene rings is 10. The van der Waals surface area contributed by atoms with E-state index in [1.807, 2.05) is 17.4 Å². The van der Waals surface area contributed by atoms with Crippen LogP contribution in [0.3, 0.4) is 0 Å². The van der Waals surface area contributed by atoms with Gasteiger partial charge >= 0.3 is 0 Å². The molecule has 11 aromatic carbocycles. The lowest BCUT2D eigenvalue weighted by molar-refractivity contribution is 1.18. The molecule has 2 heterocycles. The SMILES string of the molecule is c1ccc(-c2nc(-c3ccc4c(c3)sc3ccccc34)cc(-c3ccccc3-c3cc4ccc5cccc6c7cccc8ccc9cccc(c(c3)c4c56)c9c87)n2)cc1. The van der Waals surface area contributed by atoms with Gasteiger partial charge in [0.25, 0.3) is 0 Å². The number of hydrogen-bond donors (Lipinski definition) is 0. The van der Waals surface area contributed by atoms with Gasteiger partial charge in [0.1, 0.15) is 0 Å². The van der Waals surface area contributed by atoms with Crippen molar-refractivity contribution < 1.29 is 0 Å². The topological polar surface area (TPSA) is 25.8 Å². The molecule has 272 valence electrons. The Bertz CT molecular complexity index is 3840. The lowest BCUT2D eigenvalue weighted by Crippen LogP contribution is -1.97. The van der Waals surface area contributed by atoms with Gasteiger partial charge in [0.05, 0.1) is 11.4 Å². The smallest absolute Gasteiger partial charge is 0.160 e. The number of thiophene rings is 1. The summed E-state index contributed by atoms with van der Waals surface area (Å²) in [6.45, 7) is 0. The molecule has 13 aromatic rings. The molecule has 0 amide bonds. The van der Waals surface area contributed by atoms with Crippen LogP contribution in [0, 0.1) is 0 Å². The van der Waals surface area contributed by atoms with Gasteiger partial charge in [0.15, 0.2) is 5.82 Å². The quantitative estimate of drug-likeness (QED) is 0.167. The van der Waals surface area contributed by atoms with Crippen molar-refractivity contribution in [2.45, 2.75) is 0 Å². The molecule has 0 unspecified atom stereocenters. The molecule has 13 rings (SSSR count). The van der Waals surface area contributed by atoms with Gasteiger partial charge in [-0.25, -0.2) is 9.97 Å². The van der Waals surface area contributed by atoms with Crippen LogP contribution in [0.1, 0.15) is 0 Å². The van der Waals surface area contributed by atoms with Gasteiger partial charge in [-0.05, 0) is 106 Å². The Kier molecular flexibility index (Phi) is 6.92. The highest BCUT2D eigenvalue weighted by atomic mass is 32.1. The molecule has 0 aliphatic rings. The Morgan fingerprint density at radius 2 is 0.847 bits per heavy atom. The van der Waals surface area contributed by atoms with E-state index in [1.165, 1.54) is 84.8 Å². The molecule has 59 heavy (non-hydrogen) atoms. The lowest BCUT2D eigenvalue weighted by atomic mass is 9.86. The summed E-state index contributed by atoms with van der Waals surface area (Å²) in [4.78, 5) is 10.6. The highest BCUT2D eigenvalue weighted by Gasteiger charge is 2.19. The molecule has 0 radical (unpaired) electrons. The largest absolute Gasteiger partial charge is 0.228 e. The van der Waals surface area contributed by atoms with Crippen molar-refractivity contribution >= 4 is 96.1 Å². The van der Waals surface area contributed by atoms with Gasteiger partial charge in [-0.2, -0.15) is 0 Å². The first-order valence-electron chi connectivity index (χ1n) is 20.1. The molecule has 0 N–H and O–H groups in total. The van der Waals surface area contributed by atoms with Crippen molar-refractivity contribution in [3.63, 3.8) is 0 Å². The number of rotatable bonds is 4. The van der Waals surface area contributed by atoms with Crippen molar-refractivity contribution in [2.24, 2.45) is 0 Å². The van der Waals surface area contributed by atoms with Crippen LogP contribution in [0.2, 0.25) is 0 Å². The first kappa shape index (κ1) is 32.6. The average molecular weight is 765 g/mol. The molecule has 2 aromatic heterocycles. The number of fused-ring (bicyclic) bond motifs is 5. The fourth-order valence-electron chi connectivity index (χ4n) is 9.73. The summed E-state index contributed by atoms with van der Waals surface area (Å²) in [6, 6.07) is 71.0. The summed E-state index contributed by atoms with van der Waals surface area (Å²) in [5.74, 6) is 0.711. The van der Waals surface area contributed by atoms with Crippen LogP contribution < -0.4 is 0 Å². The third kappa shape index (κ3) is 4.92. The molecule has 0 saturated heterocycles. The van der Waals surface area contributed by atoms with Crippen LogP contribution in [0.25, 0.3) is 130 Å². The Hall–Kier alpha value is -7.46. The number of nitrogens with zero attached hydrogens (tertiary/aromatic N) is 2. The highest BCUT2D eigenvalue weighted by molar-refractivity contribution is 7.25. The molecule has 0 saturated carbocycles. The van der Waals surface area contributed by atoms with Gasteiger partial charge in [-0.15, -0.1) is 11.3 Å². The van der Waals surface area contributed by atoms with E-state index in [1.54, 1.807) is 0 Å². The van der Waals surface area contributed by atoms with E-state index in [9.17, 15) is 0 Å². The Morgan fingerprint density at radius 1 is 0.288 bits per heavy atom. The third-order valence-electron chi connectivity index (χ3n) is 12.4. The normalized spacial score (nSPS) is 12.1. The second kappa shape index (κ2) is 12.5. The van der Waals surface area contributed by atoms with Crippen LogP contribution in [0.15, 0.2) is 194 Å². The predicted octanol–water partition coefficient (Wildman–Crippen LogP) is 15.9. The standard InChI is InChI=1S/C56H32N2S/c1-2-11-36(12-3-1)56-57-48(37-27-28-43-42-18-6-7-22-50(42)59-51(43)31-37)32-49(58-56)41-17-5-4-16-40(41)39-29-38-26-25-35-14-9-20-45-44-19-8-13-33-23-24-34-15-10-21-46(54(34)52(33)44)47(30-39)55(38)53(35)45/h1-32H. The highest BCUT2D eigenvalue weighted by Crippen LogP contribution is 2.46. The Balaban J connectivity index is 1.09. The molecule has 0 aliphatic carbocycles. The Labute approximate surface area is 343 Å². The number of hydrogen-bond acceptors (Lipinski definition) is 3. The minimum atomic E-state index is 0.711. The second-order valence-electron chi connectivity index (χ2n) is 15.6. The van der Waals surface area contributed by atoms with Crippen LogP contribution in [-0.2, 0) is 0 Å². The van der Waals surface area contributed by atoms with E-state index in [0.29, 0.717) is 5.82 Å². The zero-order valence-corrected chi connectivity index (χ0v) is 32.6. The van der Waals surface area contributed by atoms with Crippen molar-refractivity contribution in [3.8, 4) is 45.0 Å². The van der Waals surface area contributed by atoms with Gasteiger partial charge in [0.2, 0.25) is 0 Å². The second-order valence-corrected chi connectivity index (χ2v) is 16.7. The van der Waals surface area contributed by atoms with E-state index < -0.39 is 0 Å². The van der Waals surface area contributed by atoms with E-state index in [4.69, 9.17) is 9.97 Å². The first-order chi connectivity index (χ1) is 29.2. The minimum Gasteiger partial charge on any atom is -0.228 e. The molecular formula is C56H32N2S. The minimum absolute atomic E-state index is 0.711. The maximum atomic E-state index is 5.34. The lowest BCUT2D eigenvalue weighted by Gasteiger charge is -2.18. The maximum Gasteiger partial charge on any atom is 0.160 e. The fraction of sp³-hybridized carbons (Fsp3) is 0. The van der Waals surface area contributed by atoms with E-state index in [-0.39, 0.29) is 0 Å². The molecular weight excluding hydrogens is 733 g/mol. The third-order valence-corrected chi connectivity index (χ3v) is 13.5. The number of aromatic nitrogens is 2. The predicted molar refractivity (Wildman–Crippen MR) is 253 cm³/mol. The maximum absolute atomic E-state index is 5.34. The van der Waals surface area contributed by atoms with Crippen LogP contribution >= 0.6 is 11.3 Å². The van der Waals surface area contributed by atoms with Crippen molar-refractivity contribution in [2.75, 3.05) is 0 Å². The zero-order chi connectivity index (χ0) is 38.6. The van der Waals surface area contributed by atoms with Gasteiger partial charge in [-0.1, -0.05) is 164 Å². The Morgan fingerprint density at radius 3 is 1.58 bits per heavy atom. The molecule has 0 bridgehead atoms. The van der Waals surface area contributed by atoms with Gasteiger partial charge < -0.3 is 0 Å². The van der Waals surface area contributed by atoms with Crippen LogP contribution in [0.4, 0.5) is 0 Å². The summed E-state index contributed by atoms with van der Waals surface area (Å²) >= 11 is 1.83. The van der Waals surface area contributed by atoms with Crippen LogP contribution in [-0.4, -0.2) is 9.97 Å². The monoisotopic (exact) mass is 764 g/mol. The van der Waals surface area contributed by atoms with Crippen molar-refractivity contribution in [1.29, 1.82) is 0 Å². The molecule has 0 fully saturated rings. The van der Waals surface area contributed by atoms with E-state index in [2.05, 4.69) is 188 Å². The van der Waals surface area contributed by atoms with Crippen molar-refractivity contribution in [1.82, 2.24) is 9.97 Å². The summed E-state index contributed by atoms with van der Waals surface area (Å²) in [5.41, 5.74) is 7.23. The molecule has 0 aliphatic heterocycles. The zero-order valence-electron chi connectivity index (χ0n) is 31.8. The fourth-order valence-corrected chi connectivity index (χ4v) is 10.9. The van der Waals surface area contributed by atoms with Crippen molar-refractivity contribution in [3.05, 3.63) is 194 Å². The summed E-state index contributed by atoms with van der Waals surface area (Å²) in [6.07, 6.45) is 0. The molecule has 2 nitrogen and oxygen atoms in total. The van der Waals surface area contributed by atoms with E-state index in [0.717, 1.165) is 39.2 Å². The van der Waals surface area contributed by atoms with Crippen LogP contribution in [0.5, 0.6) is 0 Å². The molecule has 0 atom stereocenters. The summed E-state index contributed by atoms with van der Waals surface area (Å²) in [7, 11) is 0. The summed E-state index contributed by atoms with van der Waals surface area (Å²) < 4.78 is 2.55. The first-order valence-corrected chi connectivity index (χ1v) is 21.0. The summed E-state index contributed by atoms with van der Waals surface area (Å²) in [5, 5.41) is 17.9. The van der Waals surface area contributed by atoms with E-state index >= 15 is 0 Å². The molecule has 0 spiro atoms. The van der Waals surface area contributed by atoms with Gasteiger partial charge in [0, 0.05) is 36.9 Å². The van der Waals surface area contributed by atoms with Gasteiger partial charge in [-0.3, -0.25) is 0 Å². The average Bonchev–Trinajstić information content (AvgIpc) is 3.68. The molecule has 3 heteroatoms.